The van der Waals surface area contributed by atoms with Crippen LogP contribution in [-0.2, 0) is 0 Å². The summed E-state index contributed by atoms with van der Waals surface area (Å²) in [5.74, 6) is 0. The molecule has 3 aromatic rings. The third-order valence-electron chi connectivity index (χ3n) is 4.41. The van der Waals surface area contributed by atoms with Crippen LogP contribution in [0.25, 0.3) is 10.8 Å². The molecule has 1 aliphatic heterocycles. The van der Waals surface area contributed by atoms with Crippen LogP contribution in [0.2, 0.25) is 0 Å². The van der Waals surface area contributed by atoms with Crippen LogP contribution in [0.4, 0.5) is 11.4 Å². The molecule has 0 atom stereocenters. The number of hydrogen-bond acceptors (Lipinski definition) is 1. The topological polar surface area (TPSA) is 6.25 Å². The Balaban J connectivity index is 0.000000179. The van der Waals surface area contributed by atoms with E-state index in [1.54, 1.807) is 0 Å². The summed E-state index contributed by atoms with van der Waals surface area (Å²) in [4.78, 5) is 2.08. The summed E-state index contributed by atoms with van der Waals surface area (Å²) in [7, 11) is 6.20. The lowest BCUT2D eigenvalue weighted by Crippen LogP contribution is -2.07. The Morgan fingerprint density at radius 2 is 1.36 bits per heavy atom. The zero-order valence-corrected chi connectivity index (χ0v) is 16.2. The molecule has 4 rings (SSSR count). The van der Waals surface area contributed by atoms with Crippen molar-refractivity contribution in [2.75, 3.05) is 26.0 Å². The smallest absolute Gasteiger partial charge is 0.213 e. The molecule has 0 amide bonds. The quantitative estimate of drug-likeness (QED) is 0.517. The Labute approximate surface area is 152 Å². The third kappa shape index (κ3) is 3.90. The highest BCUT2D eigenvalue weighted by atomic mass is 15.1. The molecule has 0 bridgehead atoms. The Morgan fingerprint density at radius 1 is 0.760 bits per heavy atom. The lowest BCUT2D eigenvalue weighted by molar-refractivity contribution is -0.400. The first-order valence-corrected chi connectivity index (χ1v) is 8.91. The summed E-state index contributed by atoms with van der Waals surface area (Å²) in [6.45, 7) is 6.18. The van der Waals surface area contributed by atoms with Crippen LogP contribution in [0.5, 0.6) is 0 Å². The molecular weight excluding hydrogens is 304 g/mol. The van der Waals surface area contributed by atoms with Gasteiger partial charge in [-0.25, -0.2) is 0 Å². The third-order valence-corrected chi connectivity index (χ3v) is 4.41. The zero-order chi connectivity index (χ0) is 18.4. The van der Waals surface area contributed by atoms with Crippen molar-refractivity contribution in [3.63, 3.8) is 0 Å². The van der Waals surface area contributed by atoms with Crippen molar-refractivity contribution < 1.29 is 4.58 Å². The molecule has 130 valence electrons. The summed E-state index contributed by atoms with van der Waals surface area (Å²) in [6, 6.07) is 23.2. The van der Waals surface area contributed by atoms with E-state index in [0.717, 1.165) is 0 Å². The van der Waals surface area contributed by atoms with Crippen LogP contribution in [0.3, 0.4) is 0 Å². The summed E-state index contributed by atoms with van der Waals surface area (Å²) >= 11 is 0. The normalized spacial score (nSPS) is 11.4. The van der Waals surface area contributed by atoms with Crippen molar-refractivity contribution >= 4 is 27.9 Å². The van der Waals surface area contributed by atoms with Crippen molar-refractivity contribution in [2.24, 2.45) is 0 Å². The maximum atomic E-state index is 2.26. The molecule has 0 aliphatic carbocycles. The molecule has 0 N–H and O–H groups in total. The molecule has 0 fully saturated rings. The summed E-state index contributed by atoms with van der Waals surface area (Å²) in [5.41, 5.74) is 5.30. The Bertz CT molecular complexity index is 815. The molecule has 2 heteroatoms. The molecule has 25 heavy (non-hydrogen) atoms. The van der Waals surface area contributed by atoms with Crippen LogP contribution >= 0.6 is 0 Å². The molecule has 0 spiro atoms. The molecule has 0 unspecified atom stereocenters. The lowest BCUT2D eigenvalue weighted by Gasteiger charge is -2.10. The van der Waals surface area contributed by atoms with Crippen LogP contribution in [0.1, 0.15) is 26.3 Å². The number of anilines is 1. The van der Waals surface area contributed by atoms with E-state index in [1.165, 1.54) is 33.4 Å². The second kappa shape index (κ2) is 8.48. The van der Waals surface area contributed by atoms with Gasteiger partial charge in [-0.05, 0) is 23.6 Å². The van der Waals surface area contributed by atoms with Crippen molar-refractivity contribution in [3.8, 4) is 0 Å². The minimum absolute atomic E-state index is 1.25. The molecule has 1 aliphatic rings. The fourth-order valence-electron chi connectivity index (χ4n) is 2.99. The van der Waals surface area contributed by atoms with Crippen LogP contribution < -0.4 is 4.90 Å². The SMILES string of the molecule is CC.CC1=[N+](C)c2cccc3cccc1c23.CN(C)c1ccccc1. The molecular formula is C23H29N2+. The van der Waals surface area contributed by atoms with Crippen molar-refractivity contribution in [1.29, 1.82) is 0 Å². The van der Waals surface area contributed by atoms with Gasteiger partial charge in [-0.1, -0.05) is 56.3 Å². The van der Waals surface area contributed by atoms with Gasteiger partial charge >= 0.3 is 0 Å². The Kier molecular flexibility index (Phi) is 6.35. The minimum atomic E-state index is 1.25. The first-order valence-electron chi connectivity index (χ1n) is 8.91. The second-order valence-electron chi connectivity index (χ2n) is 6.06. The molecule has 0 aromatic heterocycles. The first-order chi connectivity index (χ1) is 12.1. The molecule has 2 nitrogen and oxygen atoms in total. The standard InChI is InChI=1S/C13H12N.C8H11N.C2H6/c1-9-11-7-3-5-10-6-4-8-12(13(10)11)14(9)2;1-9(2)8-6-4-3-5-7-8;1-2/h3-8H,1-2H3;3-7H,1-2H3;1-2H3/q+1;;. The highest BCUT2D eigenvalue weighted by Gasteiger charge is 2.25. The fourth-order valence-corrected chi connectivity index (χ4v) is 2.99. The van der Waals surface area contributed by atoms with Gasteiger partial charge in [0, 0.05) is 32.8 Å². The van der Waals surface area contributed by atoms with Gasteiger partial charge in [-0.15, -0.1) is 0 Å². The van der Waals surface area contributed by atoms with Gasteiger partial charge in [0.2, 0.25) is 5.69 Å². The van der Waals surface area contributed by atoms with Gasteiger partial charge in [0.25, 0.3) is 0 Å². The lowest BCUT2D eigenvalue weighted by atomic mass is 10.0. The van der Waals surface area contributed by atoms with Crippen LogP contribution in [-0.4, -0.2) is 31.4 Å². The first kappa shape index (κ1) is 18.7. The second-order valence-corrected chi connectivity index (χ2v) is 6.06. The van der Waals surface area contributed by atoms with E-state index in [0.29, 0.717) is 0 Å². The van der Waals surface area contributed by atoms with E-state index in [-0.39, 0.29) is 0 Å². The summed E-state index contributed by atoms with van der Waals surface area (Å²) in [5, 5.41) is 2.73. The predicted octanol–water partition coefficient (Wildman–Crippen LogP) is 5.72. The van der Waals surface area contributed by atoms with Gasteiger partial charge in [-0.3, -0.25) is 0 Å². The maximum Gasteiger partial charge on any atom is 0.213 e. The highest BCUT2D eigenvalue weighted by Crippen LogP contribution is 2.33. The van der Waals surface area contributed by atoms with E-state index < -0.39 is 0 Å². The number of hydrogen-bond donors (Lipinski definition) is 0. The van der Waals surface area contributed by atoms with Gasteiger partial charge in [-0.2, -0.15) is 4.58 Å². The average Bonchev–Trinajstić information content (AvgIpc) is 2.92. The van der Waals surface area contributed by atoms with E-state index in [1.807, 2.05) is 46.1 Å². The van der Waals surface area contributed by atoms with E-state index >= 15 is 0 Å². The number of benzene rings is 3. The fraction of sp³-hybridized carbons (Fsp3) is 0.261. The molecule has 0 radical (unpaired) electrons. The Morgan fingerprint density at radius 3 is 1.92 bits per heavy atom. The van der Waals surface area contributed by atoms with Crippen LogP contribution in [0, 0.1) is 0 Å². The number of rotatable bonds is 1. The monoisotopic (exact) mass is 333 g/mol. The Hall–Kier alpha value is -2.61. The minimum Gasteiger partial charge on any atom is -0.378 e. The van der Waals surface area contributed by atoms with Gasteiger partial charge in [0.1, 0.15) is 7.05 Å². The molecule has 0 saturated carbocycles. The maximum absolute atomic E-state index is 2.26. The summed E-state index contributed by atoms with van der Waals surface area (Å²) < 4.78 is 2.26. The van der Waals surface area contributed by atoms with Crippen molar-refractivity contribution in [3.05, 3.63) is 72.3 Å². The highest BCUT2D eigenvalue weighted by molar-refractivity contribution is 6.14. The van der Waals surface area contributed by atoms with Gasteiger partial charge in [0.05, 0.1) is 10.9 Å². The number of nitrogens with zero attached hydrogens (tertiary/aromatic N) is 2. The van der Waals surface area contributed by atoms with Crippen LogP contribution in [0.15, 0.2) is 66.7 Å². The van der Waals surface area contributed by atoms with Crippen molar-refractivity contribution in [2.45, 2.75) is 20.8 Å². The van der Waals surface area contributed by atoms with E-state index in [4.69, 9.17) is 0 Å². The van der Waals surface area contributed by atoms with E-state index in [9.17, 15) is 0 Å². The molecule has 0 saturated heterocycles. The molecule has 3 aromatic carbocycles. The van der Waals surface area contributed by atoms with E-state index in [2.05, 4.69) is 72.0 Å². The zero-order valence-electron chi connectivity index (χ0n) is 16.2. The molecule has 1 heterocycles. The van der Waals surface area contributed by atoms with Crippen molar-refractivity contribution in [1.82, 2.24) is 0 Å². The summed E-state index contributed by atoms with van der Waals surface area (Å²) in [6.07, 6.45) is 0. The number of para-hydroxylation sites is 1. The predicted molar refractivity (Wildman–Crippen MR) is 112 cm³/mol. The van der Waals surface area contributed by atoms with Gasteiger partial charge in [0.15, 0.2) is 5.71 Å². The average molecular weight is 333 g/mol. The largest absolute Gasteiger partial charge is 0.378 e. The van der Waals surface area contributed by atoms with Gasteiger partial charge < -0.3 is 4.90 Å².